The van der Waals surface area contributed by atoms with Crippen molar-refractivity contribution in [3.63, 3.8) is 0 Å². The number of aromatic nitrogens is 2. The highest BCUT2D eigenvalue weighted by atomic mass is 19.1. The van der Waals surface area contributed by atoms with Crippen LogP contribution in [-0.4, -0.2) is 45.4 Å². The quantitative estimate of drug-likeness (QED) is 0.825. The normalized spacial score (nSPS) is 28.2. The fourth-order valence-electron chi connectivity index (χ4n) is 4.67. The SMILES string of the molecule is N#Cc1cc(O)c(-c2cnc(N(C3CC3)[C@@H]3C[C@H]4CC[C@H](N4)[C@@H]3F)cn2)cc1F. The van der Waals surface area contributed by atoms with Gasteiger partial charge in [-0.05, 0) is 38.2 Å². The first kappa shape index (κ1) is 18.3. The second-order valence-corrected chi connectivity index (χ2v) is 8.15. The second kappa shape index (κ2) is 6.92. The van der Waals surface area contributed by atoms with Crippen LogP contribution in [0.5, 0.6) is 5.75 Å². The molecular weight excluding hydrogens is 376 g/mol. The maximum absolute atomic E-state index is 15.1. The first-order valence-electron chi connectivity index (χ1n) is 9.98. The minimum atomic E-state index is -0.951. The van der Waals surface area contributed by atoms with Gasteiger partial charge >= 0.3 is 0 Å². The molecule has 2 saturated heterocycles. The molecule has 0 spiro atoms. The number of hydrogen-bond acceptors (Lipinski definition) is 6. The molecule has 2 bridgehead atoms. The van der Waals surface area contributed by atoms with Crippen LogP contribution in [-0.2, 0) is 0 Å². The summed E-state index contributed by atoms with van der Waals surface area (Å²) in [6.45, 7) is 0. The largest absolute Gasteiger partial charge is 0.507 e. The average Bonchev–Trinajstić information content (AvgIpc) is 3.48. The van der Waals surface area contributed by atoms with Crippen LogP contribution >= 0.6 is 0 Å². The van der Waals surface area contributed by atoms with Gasteiger partial charge in [-0.15, -0.1) is 0 Å². The zero-order valence-corrected chi connectivity index (χ0v) is 15.7. The zero-order valence-electron chi connectivity index (χ0n) is 15.7. The summed E-state index contributed by atoms with van der Waals surface area (Å²) in [5.41, 5.74) is 0.236. The fourth-order valence-corrected chi connectivity index (χ4v) is 4.67. The van der Waals surface area contributed by atoms with Crippen molar-refractivity contribution < 1.29 is 13.9 Å². The molecule has 2 aliphatic heterocycles. The number of piperidine rings is 1. The molecule has 29 heavy (non-hydrogen) atoms. The summed E-state index contributed by atoms with van der Waals surface area (Å²) in [6, 6.07) is 4.17. The first-order chi connectivity index (χ1) is 14.0. The van der Waals surface area contributed by atoms with Gasteiger partial charge in [0.15, 0.2) is 0 Å². The maximum atomic E-state index is 15.1. The van der Waals surface area contributed by atoms with Crippen LogP contribution in [0.15, 0.2) is 24.5 Å². The number of anilines is 1. The Morgan fingerprint density at radius 1 is 1.17 bits per heavy atom. The highest BCUT2D eigenvalue weighted by Crippen LogP contribution is 2.40. The summed E-state index contributed by atoms with van der Waals surface area (Å²) in [7, 11) is 0. The number of alkyl halides is 1. The third kappa shape index (κ3) is 3.19. The van der Waals surface area contributed by atoms with Gasteiger partial charge in [-0.3, -0.25) is 4.98 Å². The number of nitrogens with one attached hydrogen (secondary N) is 1. The molecule has 1 aliphatic carbocycles. The van der Waals surface area contributed by atoms with Gasteiger partial charge in [0.05, 0.1) is 29.7 Å². The van der Waals surface area contributed by atoms with Gasteiger partial charge in [-0.2, -0.15) is 5.26 Å². The van der Waals surface area contributed by atoms with E-state index in [4.69, 9.17) is 5.26 Å². The van der Waals surface area contributed by atoms with Crippen molar-refractivity contribution in [1.29, 1.82) is 5.26 Å². The molecule has 4 atom stereocenters. The van der Waals surface area contributed by atoms with E-state index in [1.165, 1.54) is 6.20 Å². The maximum Gasteiger partial charge on any atom is 0.147 e. The zero-order chi connectivity index (χ0) is 20.1. The van der Waals surface area contributed by atoms with Gasteiger partial charge in [0.1, 0.15) is 29.6 Å². The predicted molar refractivity (Wildman–Crippen MR) is 103 cm³/mol. The lowest BCUT2D eigenvalue weighted by atomic mass is 9.96. The third-order valence-corrected chi connectivity index (χ3v) is 6.24. The Balaban J connectivity index is 1.45. The molecule has 2 N–H and O–H groups in total. The topological polar surface area (TPSA) is 85.1 Å². The molecule has 8 heteroatoms. The molecule has 1 aromatic heterocycles. The molecule has 1 aromatic carbocycles. The van der Waals surface area contributed by atoms with Crippen LogP contribution in [0.4, 0.5) is 14.6 Å². The van der Waals surface area contributed by atoms with E-state index < -0.39 is 12.0 Å². The van der Waals surface area contributed by atoms with Gasteiger partial charge < -0.3 is 15.3 Å². The van der Waals surface area contributed by atoms with Gasteiger partial charge in [-0.25, -0.2) is 13.8 Å². The van der Waals surface area contributed by atoms with Crippen LogP contribution in [0.1, 0.15) is 37.7 Å². The van der Waals surface area contributed by atoms with Crippen LogP contribution in [0.3, 0.4) is 0 Å². The number of nitrogens with zero attached hydrogens (tertiary/aromatic N) is 4. The molecule has 3 aliphatic rings. The molecule has 6 nitrogen and oxygen atoms in total. The first-order valence-corrected chi connectivity index (χ1v) is 9.98. The van der Waals surface area contributed by atoms with E-state index in [0.29, 0.717) is 17.6 Å². The van der Waals surface area contributed by atoms with Crippen molar-refractivity contribution in [1.82, 2.24) is 15.3 Å². The number of phenolic OH excluding ortho intramolecular Hbond substituents is 1. The Morgan fingerprint density at radius 3 is 2.69 bits per heavy atom. The number of hydrogen-bond donors (Lipinski definition) is 2. The van der Waals surface area contributed by atoms with Crippen molar-refractivity contribution in [2.75, 3.05) is 4.90 Å². The number of phenols is 1. The van der Waals surface area contributed by atoms with Crippen molar-refractivity contribution in [3.05, 3.63) is 35.9 Å². The van der Waals surface area contributed by atoms with Crippen molar-refractivity contribution in [2.24, 2.45) is 0 Å². The summed E-state index contributed by atoms with van der Waals surface area (Å²) in [5, 5.41) is 22.4. The smallest absolute Gasteiger partial charge is 0.147 e. The molecule has 2 aromatic rings. The van der Waals surface area contributed by atoms with Crippen LogP contribution in [0.2, 0.25) is 0 Å². The van der Waals surface area contributed by atoms with E-state index in [2.05, 4.69) is 20.2 Å². The summed E-state index contributed by atoms with van der Waals surface area (Å²) >= 11 is 0. The summed E-state index contributed by atoms with van der Waals surface area (Å²) in [4.78, 5) is 10.9. The Bertz CT molecular complexity index is 972. The Morgan fingerprint density at radius 2 is 2.00 bits per heavy atom. The molecule has 5 rings (SSSR count). The minimum absolute atomic E-state index is 0.0918. The van der Waals surface area contributed by atoms with Gasteiger partial charge in [0.2, 0.25) is 0 Å². The van der Waals surface area contributed by atoms with E-state index in [1.807, 2.05) is 0 Å². The molecular formula is C21H21F2N5O. The molecule has 0 radical (unpaired) electrons. The second-order valence-electron chi connectivity index (χ2n) is 8.15. The minimum Gasteiger partial charge on any atom is -0.507 e. The number of halogens is 2. The van der Waals surface area contributed by atoms with Gasteiger partial charge in [-0.1, -0.05) is 0 Å². The lowest BCUT2D eigenvalue weighted by molar-refractivity contribution is 0.171. The lowest BCUT2D eigenvalue weighted by Crippen LogP contribution is -2.57. The van der Waals surface area contributed by atoms with E-state index in [0.717, 1.165) is 44.2 Å². The van der Waals surface area contributed by atoms with Crippen molar-refractivity contribution in [3.8, 4) is 23.1 Å². The van der Waals surface area contributed by atoms with E-state index in [9.17, 15) is 9.50 Å². The van der Waals surface area contributed by atoms with E-state index >= 15 is 4.39 Å². The average molecular weight is 397 g/mol. The molecule has 0 unspecified atom stereocenters. The van der Waals surface area contributed by atoms with Crippen LogP contribution in [0.25, 0.3) is 11.3 Å². The number of nitriles is 1. The Kier molecular flexibility index (Phi) is 4.36. The molecule has 3 fully saturated rings. The summed E-state index contributed by atoms with van der Waals surface area (Å²) in [5.74, 6) is -0.349. The summed E-state index contributed by atoms with van der Waals surface area (Å²) < 4.78 is 29.1. The van der Waals surface area contributed by atoms with Crippen LogP contribution in [0, 0.1) is 17.1 Å². The highest BCUT2D eigenvalue weighted by molar-refractivity contribution is 5.68. The van der Waals surface area contributed by atoms with Gasteiger partial charge in [0.25, 0.3) is 0 Å². The predicted octanol–water partition coefficient (Wildman–Crippen LogP) is 3.06. The fraction of sp³-hybridized carbons (Fsp3) is 0.476. The van der Waals surface area contributed by atoms with E-state index in [-0.39, 0.29) is 35.0 Å². The Hall–Kier alpha value is -2.79. The number of aromatic hydroxyl groups is 1. The number of rotatable bonds is 4. The third-order valence-electron chi connectivity index (χ3n) is 6.24. The Labute approximate surface area is 167 Å². The highest BCUT2D eigenvalue weighted by Gasteiger charge is 2.48. The monoisotopic (exact) mass is 397 g/mol. The molecule has 150 valence electrons. The summed E-state index contributed by atoms with van der Waals surface area (Å²) in [6.07, 6.45) is 6.73. The van der Waals surface area contributed by atoms with Crippen molar-refractivity contribution in [2.45, 2.75) is 62.4 Å². The molecule has 3 heterocycles. The number of fused-ring (bicyclic) bond motifs is 2. The van der Waals surface area contributed by atoms with Crippen LogP contribution < -0.4 is 10.2 Å². The number of benzene rings is 1. The van der Waals surface area contributed by atoms with Crippen molar-refractivity contribution >= 4 is 5.82 Å². The molecule has 0 amide bonds. The standard InChI is InChI=1S/C21H21F2N5O/c22-15-7-14(19(29)5-11(15)8-24)17-9-26-20(10-25-17)28(13-2-3-13)18-6-12-1-4-16(27-12)21(18)23/h5,7,9-10,12-13,16,18,21,27,29H,1-4,6H2/t12-,16+,18-,21+/m1/s1. The van der Waals surface area contributed by atoms with Gasteiger partial charge in [0, 0.05) is 29.8 Å². The van der Waals surface area contributed by atoms with E-state index in [1.54, 1.807) is 12.3 Å². The molecule has 1 saturated carbocycles. The lowest BCUT2D eigenvalue weighted by Gasteiger charge is -2.41.